The summed E-state index contributed by atoms with van der Waals surface area (Å²) in [6.45, 7) is 0.157. The van der Waals surface area contributed by atoms with Gasteiger partial charge in [-0.25, -0.2) is 0 Å². The number of amides is 1. The van der Waals surface area contributed by atoms with Gasteiger partial charge in [0.1, 0.15) is 5.75 Å². The van der Waals surface area contributed by atoms with Crippen LogP contribution in [0.25, 0.3) is 0 Å². The normalized spacial score (nSPS) is 16.9. The van der Waals surface area contributed by atoms with Crippen molar-refractivity contribution in [2.24, 2.45) is 0 Å². The maximum absolute atomic E-state index is 11.7. The lowest BCUT2D eigenvalue weighted by atomic mass is 10.0. The van der Waals surface area contributed by atoms with E-state index in [4.69, 9.17) is 27.9 Å². The molecule has 6 heteroatoms. The van der Waals surface area contributed by atoms with Crippen molar-refractivity contribution in [3.8, 4) is 5.75 Å². The quantitative estimate of drug-likeness (QED) is 0.878. The number of nitrogens with one attached hydrogen (secondary N) is 1. The summed E-state index contributed by atoms with van der Waals surface area (Å²) in [7, 11) is 0. The smallest absolute Gasteiger partial charge is 0.258 e. The van der Waals surface area contributed by atoms with Gasteiger partial charge in [-0.15, -0.1) is 0 Å². The predicted octanol–water partition coefficient (Wildman–Crippen LogP) is 2.79. The Morgan fingerprint density at radius 2 is 2.00 bits per heavy atom. The van der Waals surface area contributed by atoms with E-state index >= 15 is 0 Å². The molecule has 0 spiro atoms. The maximum Gasteiger partial charge on any atom is 0.258 e. The molecule has 0 heterocycles. The number of hydrogen-bond donors (Lipinski definition) is 2. The van der Waals surface area contributed by atoms with Gasteiger partial charge in [-0.3, -0.25) is 4.79 Å². The van der Waals surface area contributed by atoms with Crippen LogP contribution in [0.1, 0.15) is 25.7 Å². The summed E-state index contributed by atoms with van der Waals surface area (Å²) in [6.07, 6.45) is 3.49. The highest BCUT2D eigenvalue weighted by atomic mass is 35.5. The Hall–Kier alpha value is -0.970. The molecule has 0 unspecified atom stereocenters. The Morgan fingerprint density at radius 1 is 1.30 bits per heavy atom. The number of carbonyl (C=O) groups excluding carboxylic acids is 1. The topological polar surface area (TPSA) is 58.6 Å². The van der Waals surface area contributed by atoms with E-state index in [1.807, 2.05) is 0 Å². The highest BCUT2D eigenvalue weighted by Gasteiger charge is 2.31. The SMILES string of the molecule is O=C(COc1ccc(Cl)c(Cl)c1)NCC1(O)CCCC1. The van der Waals surface area contributed by atoms with Gasteiger partial charge >= 0.3 is 0 Å². The third kappa shape index (κ3) is 4.27. The van der Waals surface area contributed by atoms with Crippen LogP contribution in [0.4, 0.5) is 0 Å². The predicted molar refractivity (Wildman–Crippen MR) is 78.4 cm³/mol. The van der Waals surface area contributed by atoms with E-state index < -0.39 is 5.60 Å². The zero-order valence-electron chi connectivity index (χ0n) is 11.0. The molecule has 1 aromatic carbocycles. The molecule has 4 nitrogen and oxygen atoms in total. The number of aliphatic hydroxyl groups is 1. The summed E-state index contributed by atoms with van der Waals surface area (Å²) < 4.78 is 5.31. The first-order valence-corrected chi connectivity index (χ1v) is 7.31. The van der Waals surface area contributed by atoms with Crippen molar-refractivity contribution in [3.05, 3.63) is 28.2 Å². The van der Waals surface area contributed by atoms with Crippen LogP contribution in [0.15, 0.2) is 18.2 Å². The largest absolute Gasteiger partial charge is 0.484 e. The van der Waals surface area contributed by atoms with E-state index in [1.54, 1.807) is 18.2 Å². The Balaban J connectivity index is 1.76. The van der Waals surface area contributed by atoms with Crippen molar-refractivity contribution in [1.29, 1.82) is 0 Å². The first-order chi connectivity index (χ1) is 9.48. The van der Waals surface area contributed by atoms with Crippen LogP contribution in [0.5, 0.6) is 5.75 Å². The number of ether oxygens (including phenoxy) is 1. The third-order valence-corrected chi connectivity index (χ3v) is 4.15. The Bertz CT molecular complexity index is 487. The molecule has 110 valence electrons. The zero-order valence-corrected chi connectivity index (χ0v) is 12.5. The monoisotopic (exact) mass is 317 g/mol. The number of hydrogen-bond acceptors (Lipinski definition) is 3. The maximum atomic E-state index is 11.7. The molecule has 0 radical (unpaired) electrons. The Kier molecular flexibility index (Phi) is 5.13. The van der Waals surface area contributed by atoms with E-state index in [9.17, 15) is 9.90 Å². The molecule has 0 saturated heterocycles. The van der Waals surface area contributed by atoms with Crippen LogP contribution in [-0.2, 0) is 4.79 Å². The number of benzene rings is 1. The zero-order chi connectivity index (χ0) is 14.6. The second-order valence-corrected chi connectivity index (χ2v) is 5.89. The lowest BCUT2D eigenvalue weighted by Gasteiger charge is -2.22. The Morgan fingerprint density at radius 3 is 2.65 bits per heavy atom. The minimum absolute atomic E-state index is 0.117. The van der Waals surface area contributed by atoms with E-state index in [1.165, 1.54) is 0 Å². The highest BCUT2D eigenvalue weighted by molar-refractivity contribution is 6.42. The fourth-order valence-electron chi connectivity index (χ4n) is 2.24. The van der Waals surface area contributed by atoms with Crippen LogP contribution < -0.4 is 10.1 Å². The standard InChI is InChI=1S/C14H17Cl2NO3/c15-11-4-3-10(7-12(11)16)20-8-13(18)17-9-14(19)5-1-2-6-14/h3-4,7,19H,1-2,5-6,8-9H2,(H,17,18). The fourth-order valence-corrected chi connectivity index (χ4v) is 2.53. The molecule has 0 aromatic heterocycles. The van der Waals surface area contributed by atoms with Crippen LogP contribution in [0.2, 0.25) is 10.0 Å². The summed E-state index contributed by atoms with van der Waals surface area (Å²) >= 11 is 11.6. The lowest BCUT2D eigenvalue weighted by Crippen LogP contribution is -2.42. The number of rotatable bonds is 5. The molecule has 1 saturated carbocycles. The lowest BCUT2D eigenvalue weighted by molar-refractivity contribution is -0.124. The number of carbonyl (C=O) groups is 1. The molecule has 0 atom stereocenters. The van der Waals surface area contributed by atoms with Gasteiger partial charge in [0.15, 0.2) is 6.61 Å². The molecular formula is C14H17Cl2NO3. The van der Waals surface area contributed by atoms with E-state index in [0.29, 0.717) is 15.8 Å². The second kappa shape index (κ2) is 6.66. The molecule has 1 amide bonds. The van der Waals surface area contributed by atoms with Gasteiger partial charge in [0, 0.05) is 12.6 Å². The minimum Gasteiger partial charge on any atom is -0.484 e. The molecule has 0 aliphatic heterocycles. The van der Waals surface area contributed by atoms with Crippen LogP contribution in [-0.4, -0.2) is 29.8 Å². The van der Waals surface area contributed by atoms with Crippen molar-refractivity contribution in [2.75, 3.05) is 13.2 Å². The van der Waals surface area contributed by atoms with E-state index in [0.717, 1.165) is 25.7 Å². The van der Waals surface area contributed by atoms with Crippen molar-refractivity contribution in [3.63, 3.8) is 0 Å². The van der Waals surface area contributed by atoms with E-state index in [-0.39, 0.29) is 19.1 Å². The molecular weight excluding hydrogens is 301 g/mol. The molecule has 1 fully saturated rings. The Labute approximate surface area is 128 Å². The van der Waals surface area contributed by atoms with Gasteiger partial charge in [0.25, 0.3) is 5.91 Å². The van der Waals surface area contributed by atoms with Crippen molar-refractivity contribution in [1.82, 2.24) is 5.32 Å². The fraction of sp³-hybridized carbons (Fsp3) is 0.500. The van der Waals surface area contributed by atoms with Gasteiger partial charge in [-0.05, 0) is 25.0 Å². The first kappa shape index (κ1) is 15.4. The summed E-state index contributed by atoms with van der Waals surface area (Å²) in [6, 6.07) is 4.81. The summed E-state index contributed by atoms with van der Waals surface area (Å²) in [5.74, 6) is 0.213. The van der Waals surface area contributed by atoms with Crippen molar-refractivity contribution >= 4 is 29.1 Å². The molecule has 2 rings (SSSR count). The molecule has 0 bridgehead atoms. The molecule has 1 aliphatic carbocycles. The number of halogens is 2. The van der Waals surface area contributed by atoms with Gasteiger partial charge in [-0.1, -0.05) is 36.0 Å². The van der Waals surface area contributed by atoms with Crippen LogP contribution in [0, 0.1) is 0 Å². The van der Waals surface area contributed by atoms with Gasteiger partial charge < -0.3 is 15.2 Å². The first-order valence-electron chi connectivity index (χ1n) is 6.55. The average Bonchev–Trinajstić information content (AvgIpc) is 2.85. The molecule has 2 N–H and O–H groups in total. The van der Waals surface area contributed by atoms with Crippen LogP contribution >= 0.6 is 23.2 Å². The second-order valence-electron chi connectivity index (χ2n) is 5.07. The third-order valence-electron chi connectivity index (χ3n) is 3.41. The van der Waals surface area contributed by atoms with E-state index in [2.05, 4.69) is 5.32 Å². The summed E-state index contributed by atoms with van der Waals surface area (Å²) in [5.41, 5.74) is -0.751. The van der Waals surface area contributed by atoms with Crippen molar-refractivity contribution in [2.45, 2.75) is 31.3 Å². The molecule has 1 aromatic rings. The summed E-state index contributed by atoms with van der Waals surface area (Å²) in [4.78, 5) is 11.7. The summed E-state index contributed by atoms with van der Waals surface area (Å²) in [5, 5.41) is 13.6. The van der Waals surface area contributed by atoms with Crippen molar-refractivity contribution < 1.29 is 14.6 Å². The molecule has 1 aliphatic rings. The minimum atomic E-state index is -0.751. The molecule has 20 heavy (non-hydrogen) atoms. The highest BCUT2D eigenvalue weighted by Crippen LogP contribution is 2.28. The van der Waals surface area contributed by atoms with Gasteiger partial charge in [0.05, 0.1) is 15.6 Å². The average molecular weight is 318 g/mol. The van der Waals surface area contributed by atoms with Gasteiger partial charge in [-0.2, -0.15) is 0 Å². The van der Waals surface area contributed by atoms with Gasteiger partial charge in [0.2, 0.25) is 0 Å². The van der Waals surface area contributed by atoms with Crippen LogP contribution in [0.3, 0.4) is 0 Å².